The first-order valence-corrected chi connectivity index (χ1v) is 7.75. The second kappa shape index (κ2) is 5.61. The molecule has 1 aromatic carbocycles. The number of fused-ring (bicyclic) bond motifs is 3. The third-order valence-electron chi connectivity index (χ3n) is 4.42. The molecule has 2 aliphatic heterocycles. The van der Waals surface area contributed by atoms with Crippen LogP contribution < -0.4 is 0 Å². The van der Waals surface area contributed by atoms with Crippen molar-refractivity contribution in [2.75, 3.05) is 13.1 Å². The number of hydrogen-bond acceptors (Lipinski definition) is 4. The van der Waals surface area contributed by atoms with Crippen LogP contribution in [0.1, 0.15) is 23.7 Å². The first kappa shape index (κ1) is 14.1. The molecule has 22 heavy (non-hydrogen) atoms. The van der Waals surface area contributed by atoms with E-state index in [9.17, 15) is 4.39 Å². The molecule has 0 aliphatic carbocycles. The van der Waals surface area contributed by atoms with Crippen molar-refractivity contribution in [2.24, 2.45) is 0 Å². The highest BCUT2D eigenvalue weighted by atomic mass is 35.5. The van der Waals surface area contributed by atoms with Gasteiger partial charge in [0.25, 0.3) is 0 Å². The molecule has 0 unspecified atom stereocenters. The summed E-state index contributed by atoms with van der Waals surface area (Å²) in [5, 5.41) is 8.57. The van der Waals surface area contributed by atoms with Crippen LogP contribution in [0.2, 0.25) is 5.02 Å². The summed E-state index contributed by atoms with van der Waals surface area (Å²) in [5.41, 5.74) is 1.67. The van der Waals surface area contributed by atoms with E-state index in [2.05, 4.69) is 15.2 Å². The van der Waals surface area contributed by atoms with Gasteiger partial charge >= 0.3 is 0 Å². The van der Waals surface area contributed by atoms with Gasteiger partial charge in [-0.25, -0.2) is 9.07 Å². The van der Waals surface area contributed by atoms with Crippen molar-refractivity contribution in [1.82, 2.24) is 19.9 Å². The second-order valence-electron chi connectivity index (χ2n) is 5.85. The molecule has 0 amide bonds. The van der Waals surface area contributed by atoms with Crippen molar-refractivity contribution in [3.8, 4) is 0 Å². The Balaban J connectivity index is 1.52. The number of hydrogen-bond donors (Lipinski definition) is 0. The molecule has 1 saturated heterocycles. The number of rotatable bonds is 2. The van der Waals surface area contributed by atoms with Crippen LogP contribution in [0.5, 0.6) is 0 Å². The van der Waals surface area contributed by atoms with E-state index >= 15 is 0 Å². The van der Waals surface area contributed by atoms with E-state index in [1.54, 1.807) is 18.3 Å². The third-order valence-corrected chi connectivity index (χ3v) is 4.66. The predicted octanol–water partition coefficient (Wildman–Crippen LogP) is 2.42. The fourth-order valence-corrected chi connectivity index (χ4v) is 3.44. The first-order valence-electron chi connectivity index (χ1n) is 7.37. The van der Waals surface area contributed by atoms with Crippen LogP contribution in [0, 0.1) is 5.82 Å². The number of piperidine rings is 1. The lowest BCUT2D eigenvalue weighted by molar-refractivity contribution is -0.0670. The molecule has 1 aromatic heterocycles. The van der Waals surface area contributed by atoms with Gasteiger partial charge in [0, 0.05) is 30.2 Å². The van der Waals surface area contributed by atoms with Gasteiger partial charge in [0.05, 0.1) is 30.6 Å². The highest BCUT2D eigenvalue weighted by Gasteiger charge is 2.36. The van der Waals surface area contributed by atoms with E-state index in [1.807, 2.05) is 4.68 Å². The van der Waals surface area contributed by atoms with Crippen molar-refractivity contribution in [3.63, 3.8) is 0 Å². The summed E-state index contributed by atoms with van der Waals surface area (Å²) >= 11 is 5.81. The summed E-state index contributed by atoms with van der Waals surface area (Å²) in [6.07, 6.45) is 2.83. The number of halogens is 2. The molecule has 2 aliphatic rings. The Kier molecular flexibility index (Phi) is 3.60. The molecule has 0 N–H and O–H groups in total. The lowest BCUT2D eigenvalue weighted by Crippen LogP contribution is -2.47. The van der Waals surface area contributed by atoms with Crippen LogP contribution in [-0.4, -0.2) is 39.1 Å². The molecule has 116 valence electrons. The summed E-state index contributed by atoms with van der Waals surface area (Å²) in [4.78, 5) is 2.23. The maximum Gasteiger partial charge on any atom is 0.129 e. The van der Waals surface area contributed by atoms with Gasteiger partial charge in [-0.2, -0.15) is 0 Å². The molecule has 0 bridgehead atoms. The van der Waals surface area contributed by atoms with Gasteiger partial charge in [-0.05, 0) is 18.6 Å². The van der Waals surface area contributed by atoms with Crippen LogP contribution in [-0.2, 0) is 17.9 Å². The average Bonchev–Trinajstić information content (AvgIpc) is 2.99. The van der Waals surface area contributed by atoms with Gasteiger partial charge in [-0.1, -0.05) is 22.9 Å². The SMILES string of the molecule is Fc1cc(Cl)ccc1CN1CC[C@H]2OCc3cnnn3[C@@H]2C1. The van der Waals surface area contributed by atoms with Crippen molar-refractivity contribution in [3.05, 3.63) is 46.5 Å². The molecule has 7 heteroatoms. The number of likely N-dealkylation sites (tertiary alicyclic amines) is 1. The molecule has 4 rings (SSSR count). The van der Waals surface area contributed by atoms with Gasteiger partial charge in [-0.3, -0.25) is 4.90 Å². The number of benzene rings is 1. The normalized spacial score (nSPS) is 24.8. The van der Waals surface area contributed by atoms with E-state index in [0.29, 0.717) is 23.7 Å². The molecular weight excluding hydrogens is 307 g/mol. The van der Waals surface area contributed by atoms with Crippen molar-refractivity contribution in [2.45, 2.75) is 31.7 Å². The van der Waals surface area contributed by atoms with E-state index in [0.717, 1.165) is 25.2 Å². The van der Waals surface area contributed by atoms with Gasteiger partial charge in [0.15, 0.2) is 0 Å². The van der Waals surface area contributed by atoms with Crippen molar-refractivity contribution in [1.29, 1.82) is 0 Å². The Morgan fingerprint density at radius 2 is 2.32 bits per heavy atom. The zero-order chi connectivity index (χ0) is 15.1. The topological polar surface area (TPSA) is 43.2 Å². The second-order valence-corrected chi connectivity index (χ2v) is 6.28. The molecule has 0 spiro atoms. The Morgan fingerprint density at radius 1 is 1.41 bits per heavy atom. The average molecular weight is 323 g/mol. The van der Waals surface area contributed by atoms with Gasteiger partial charge < -0.3 is 4.74 Å². The van der Waals surface area contributed by atoms with Gasteiger partial charge in [-0.15, -0.1) is 5.10 Å². The lowest BCUT2D eigenvalue weighted by Gasteiger charge is -2.41. The minimum atomic E-state index is -0.254. The van der Waals surface area contributed by atoms with Gasteiger partial charge in [0.2, 0.25) is 0 Å². The highest BCUT2D eigenvalue weighted by molar-refractivity contribution is 6.30. The molecule has 5 nitrogen and oxygen atoms in total. The standard InChI is InChI=1S/C15H16ClFN4O/c16-11-2-1-10(13(17)5-11)7-20-4-3-15-14(8-20)21-12(9-22-15)6-18-19-21/h1-2,5-6,14-15H,3-4,7-9H2/t14-,15-/m1/s1. The largest absolute Gasteiger partial charge is 0.370 e. The third kappa shape index (κ3) is 2.51. The van der Waals surface area contributed by atoms with E-state index < -0.39 is 0 Å². The van der Waals surface area contributed by atoms with E-state index in [1.165, 1.54) is 6.07 Å². The van der Waals surface area contributed by atoms with Crippen LogP contribution >= 0.6 is 11.6 Å². The summed E-state index contributed by atoms with van der Waals surface area (Å²) in [6.45, 7) is 2.80. The Bertz CT molecular complexity index is 692. The molecule has 0 radical (unpaired) electrons. The van der Waals surface area contributed by atoms with Crippen LogP contribution in [0.25, 0.3) is 0 Å². The summed E-state index contributed by atoms with van der Waals surface area (Å²) < 4.78 is 21.8. The fraction of sp³-hybridized carbons (Fsp3) is 0.467. The zero-order valence-electron chi connectivity index (χ0n) is 12.0. The number of nitrogens with zero attached hydrogens (tertiary/aromatic N) is 4. The summed E-state index contributed by atoms with van der Waals surface area (Å²) in [7, 11) is 0. The molecule has 2 aromatic rings. The van der Waals surface area contributed by atoms with Gasteiger partial charge in [0.1, 0.15) is 5.82 Å². The number of aromatic nitrogens is 3. The predicted molar refractivity (Wildman–Crippen MR) is 78.9 cm³/mol. The van der Waals surface area contributed by atoms with Crippen molar-refractivity contribution >= 4 is 11.6 Å². The fourth-order valence-electron chi connectivity index (χ4n) is 3.28. The monoisotopic (exact) mass is 322 g/mol. The molecule has 1 fully saturated rings. The minimum absolute atomic E-state index is 0.148. The minimum Gasteiger partial charge on any atom is -0.370 e. The number of ether oxygens (including phenoxy) is 1. The maximum absolute atomic E-state index is 14.0. The maximum atomic E-state index is 14.0. The summed E-state index contributed by atoms with van der Waals surface area (Å²) in [6, 6.07) is 4.99. The van der Waals surface area contributed by atoms with Crippen LogP contribution in [0.15, 0.2) is 24.4 Å². The highest BCUT2D eigenvalue weighted by Crippen LogP contribution is 2.31. The quantitative estimate of drug-likeness (QED) is 0.851. The van der Waals surface area contributed by atoms with E-state index in [-0.39, 0.29) is 18.0 Å². The smallest absolute Gasteiger partial charge is 0.129 e. The first-order chi connectivity index (χ1) is 10.7. The Labute approximate surface area is 132 Å². The van der Waals surface area contributed by atoms with Crippen LogP contribution in [0.3, 0.4) is 0 Å². The molecular formula is C15H16ClFN4O. The molecule has 0 saturated carbocycles. The molecule has 2 atom stereocenters. The van der Waals surface area contributed by atoms with E-state index in [4.69, 9.17) is 16.3 Å². The Hall–Kier alpha value is -1.50. The van der Waals surface area contributed by atoms with Crippen molar-refractivity contribution < 1.29 is 9.13 Å². The summed E-state index contributed by atoms with van der Waals surface area (Å²) in [5.74, 6) is -0.254. The van der Waals surface area contributed by atoms with Crippen LogP contribution in [0.4, 0.5) is 4.39 Å². The molecule has 3 heterocycles. The zero-order valence-corrected chi connectivity index (χ0v) is 12.7. The lowest BCUT2D eigenvalue weighted by atomic mass is 10.00. The Morgan fingerprint density at radius 3 is 3.18 bits per heavy atom.